The van der Waals surface area contributed by atoms with E-state index in [0.717, 1.165) is 16.8 Å². The van der Waals surface area contributed by atoms with Crippen molar-refractivity contribution < 1.29 is 4.39 Å². The summed E-state index contributed by atoms with van der Waals surface area (Å²) >= 11 is 0. The van der Waals surface area contributed by atoms with Gasteiger partial charge in [-0.25, -0.2) is 4.39 Å². The number of aromatic nitrogens is 2. The molecule has 3 rings (SSSR count). The number of halogens is 1. The summed E-state index contributed by atoms with van der Waals surface area (Å²) in [6, 6.07) is 16.2. The molecular formula is C16H14FN3. The molecule has 2 N–H and O–H groups in total. The van der Waals surface area contributed by atoms with Crippen LogP contribution in [0.2, 0.25) is 0 Å². The second-order valence-electron chi connectivity index (χ2n) is 4.63. The van der Waals surface area contributed by atoms with E-state index in [2.05, 4.69) is 5.10 Å². The van der Waals surface area contributed by atoms with Crippen LogP contribution in [0.1, 0.15) is 5.56 Å². The number of hydrogen-bond acceptors (Lipinski definition) is 2. The van der Waals surface area contributed by atoms with Crippen LogP contribution in [0, 0.1) is 5.82 Å². The lowest BCUT2D eigenvalue weighted by Gasteiger charge is -2.02. The normalized spacial score (nSPS) is 10.7. The Hall–Kier alpha value is -2.62. The molecule has 0 radical (unpaired) electrons. The van der Waals surface area contributed by atoms with Gasteiger partial charge in [-0.1, -0.05) is 42.5 Å². The number of rotatable bonds is 3. The van der Waals surface area contributed by atoms with Crippen LogP contribution >= 0.6 is 0 Å². The number of benzene rings is 2. The third-order valence-corrected chi connectivity index (χ3v) is 3.07. The van der Waals surface area contributed by atoms with Crippen LogP contribution in [0.4, 0.5) is 10.1 Å². The highest BCUT2D eigenvalue weighted by atomic mass is 19.1. The molecule has 0 unspecified atom stereocenters. The van der Waals surface area contributed by atoms with Gasteiger partial charge in [0.25, 0.3) is 0 Å². The monoisotopic (exact) mass is 267 g/mol. The van der Waals surface area contributed by atoms with E-state index in [9.17, 15) is 4.39 Å². The quantitative estimate of drug-likeness (QED) is 0.791. The summed E-state index contributed by atoms with van der Waals surface area (Å²) < 4.78 is 14.9. The first kappa shape index (κ1) is 12.4. The van der Waals surface area contributed by atoms with Crippen molar-refractivity contribution in [1.29, 1.82) is 0 Å². The first-order chi connectivity index (χ1) is 9.72. The van der Waals surface area contributed by atoms with Gasteiger partial charge in [-0.3, -0.25) is 4.68 Å². The molecule has 20 heavy (non-hydrogen) atoms. The van der Waals surface area contributed by atoms with Gasteiger partial charge >= 0.3 is 0 Å². The van der Waals surface area contributed by atoms with E-state index in [1.165, 1.54) is 12.1 Å². The van der Waals surface area contributed by atoms with E-state index >= 15 is 0 Å². The molecule has 0 bridgehead atoms. The Morgan fingerprint density at radius 2 is 1.85 bits per heavy atom. The lowest BCUT2D eigenvalue weighted by Crippen LogP contribution is -2.00. The zero-order valence-corrected chi connectivity index (χ0v) is 10.8. The van der Waals surface area contributed by atoms with Crippen LogP contribution < -0.4 is 5.73 Å². The summed E-state index contributed by atoms with van der Waals surface area (Å²) in [5.41, 5.74) is 9.20. The Balaban J connectivity index is 1.90. The minimum Gasteiger partial charge on any atom is -0.396 e. The van der Waals surface area contributed by atoms with Crippen molar-refractivity contribution in [3.05, 3.63) is 72.2 Å². The molecule has 4 heteroatoms. The van der Waals surface area contributed by atoms with Crippen molar-refractivity contribution in [3.8, 4) is 11.3 Å². The maximum absolute atomic E-state index is 13.2. The highest BCUT2D eigenvalue weighted by molar-refractivity contribution is 5.71. The summed E-state index contributed by atoms with van der Waals surface area (Å²) in [6.07, 6.45) is 1.77. The minimum atomic E-state index is -0.245. The number of nitrogens with zero attached hydrogens (tertiary/aromatic N) is 2. The average Bonchev–Trinajstić information content (AvgIpc) is 2.80. The molecule has 0 atom stereocenters. The Bertz CT molecular complexity index is 720. The van der Waals surface area contributed by atoms with Crippen LogP contribution in [-0.4, -0.2) is 9.78 Å². The SMILES string of the molecule is Nc1cn(Cc2cccc(F)c2)nc1-c1ccccc1. The molecule has 0 saturated carbocycles. The summed E-state index contributed by atoms with van der Waals surface area (Å²) in [5, 5.41) is 4.47. The van der Waals surface area contributed by atoms with Crippen molar-refractivity contribution in [2.45, 2.75) is 6.54 Å². The molecule has 0 aliphatic rings. The first-order valence-corrected chi connectivity index (χ1v) is 6.35. The van der Waals surface area contributed by atoms with Gasteiger partial charge in [0.1, 0.15) is 11.5 Å². The summed E-state index contributed by atoms with van der Waals surface area (Å²) in [6.45, 7) is 0.495. The topological polar surface area (TPSA) is 43.8 Å². The lowest BCUT2D eigenvalue weighted by atomic mass is 10.1. The Kier molecular flexibility index (Phi) is 3.21. The van der Waals surface area contributed by atoms with Crippen molar-refractivity contribution in [1.82, 2.24) is 9.78 Å². The Morgan fingerprint density at radius 1 is 1.05 bits per heavy atom. The highest BCUT2D eigenvalue weighted by Crippen LogP contribution is 2.23. The van der Waals surface area contributed by atoms with E-state index in [1.807, 2.05) is 36.4 Å². The van der Waals surface area contributed by atoms with Gasteiger partial charge in [0.2, 0.25) is 0 Å². The van der Waals surface area contributed by atoms with Gasteiger partial charge in [-0.05, 0) is 17.7 Å². The second-order valence-corrected chi connectivity index (χ2v) is 4.63. The predicted octanol–water partition coefficient (Wildman–Crippen LogP) is 3.32. The van der Waals surface area contributed by atoms with Gasteiger partial charge in [-0.15, -0.1) is 0 Å². The van der Waals surface area contributed by atoms with Gasteiger partial charge < -0.3 is 5.73 Å². The number of nitrogen functional groups attached to an aromatic ring is 1. The number of hydrogen-bond donors (Lipinski definition) is 1. The molecule has 100 valence electrons. The standard InChI is InChI=1S/C16H14FN3/c17-14-8-4-5-12(9-14)10-20-11-15(18)16(19-20)13-6-2-1-3-7-13/h1-9,11H,10,18H2. The Morgan fingerprint density at radius 3 is 2.60 bits per heavy atom. The molecular weight excluding hydrogens is 253 g/mol. The zero-order chi connectivity index (χ0) is 13.9. The largest absolute Gasteiger partial charge is 0.396 e. The van der Waals surface area contributed by atoms with Gasteiger partial charge in [0.15, 0.2) is 0 Å². The molecule has 1 aromatic heterocycles. The molecule has 0 amide bonds. The minimum absolute atomic E-state index is 0.245. The number of anilines is 1. The fourth-order valence-electron chi connectivity index (χ4n) is 2.16. The molecule has 0 spiro atoms. The first-order valence-electron chi connectivity index (χ1n) is 6.35. The van der Waals surface area contributed by atoms with Crippen LogP contribution in [0.5, 0.6) is 0 Å². The van der Waals surface area contributed by atoms with Gasteiger partial charge in [-0.2, -0.15) is 5.10 Å². The molecule has 3 nitrogen and oxygen atoms in total. The highest BCUT2D eigenvalue weighted by Gasteiger charge is 2.08. The predicted molar refractivity (Wildman–Crippen MR) is 77.6 cm³/mol. The summed E-state index contributed by atoms with van der Waals surface area (Å²) in [4.78, 5) is 0. The smallest absolute Gasteiger partial charge is 0.123 e. The molecule has 2 aromatic carbocycles. The molecule has 0 aliphatic carbocycles. The van der Waals surface area contributed by atoms with Crippen LogP contribution in [0.3, 0.4) is 0 Å². The van der Waals surface area contributed by atoms with E-state index in [4.69, 9.17) is 5.73 Å². The van der Waals surface area contributed by atoms with Crippen molar-refractivity contribution >= 4 is 5.69 Å². The van der Waals surface area contributed by atoms with Crippen molar-refractivity contribution in [2.24, 2.45) is 0 Å². The fourth-order valence-corrected chi connectivity index (χ4v) is 2.16. The maximum Gasteiger partial charge on any atom is 0.123 e. The van der Waals surface area contributed by atoms with Gasteiger partial charge in [0, 0.05) is 11.8 Å². The van der Waals surface area contributed by atoms with Crippen molar-refractivity contribution in [2.75, 3.05) is 5.73 Å². The second kappa shape index (κ2) is 5.17. The van der Waals surface area contributed by atoms with E-state index in [1.54, 1.807) is 16.9 Å². The summed E-state index contributed by atoms with van der Waals surface area (Å²) in [5.74, 6) is -0.245. The van der Waals surface area contributed by atoms with E-state index < -0.39 is 0 Å². The molecule has 3 aromatic rings. The third-order valence-electron chi connectivity index (χ3n) is 3.07. The lowest BCUT2D eigenvalue weighted by molar-refractivity contribution is 0.619. The fraction of sp³-hybridized carbons (Fsp3) is 0.0625. The zero-order valence-electron chi connectivity index (χ0n) is 10.8. The van der Waals surface area contributed by atoms with Crippen LogP contribution in [0.25, 0.3) is 11.3 Å². The van der Waals surface area contributed by atoms with E-state index in [0.29, 0.717) is 12.2 Å². The molecule has 0 fully saturated rings. The van der Waals surface area contributed by atoms with Gasteiger partial charge in [0.05, 0.1) is 12.2 Å². The molecule has 1 heterocycles. The maximum atomic E-state index is 13.2. The number of nitrogens with two attached hydrogens (primary N) is 1. The summed E-state index contributed by atoms with van der Waals surface area (Å²) in [7, 11) is 0. The molecule has 0 saturated heterocycles. The van der Waals surface area contributed by atoms with E-state index in [-0.39, 0.29) is 5.82 Å². The third kappa shape index (κ3) is 2.54. The molecule has 0 aliphatic heterocycles. The Labute approximate surface area is 116 Å². The average molecular weight is 267 g/mol. The van der Waals surface area contributed by atoms with Crippen molar-refractivity contribution in [3.63, 3.8) is 0 Å². The van der Waals surface area contributed by atoms with Crippen LogP contribution in [0.15, 0.2) is 60.8 Å². The van der Waals surface area contributed by atoms with Crippen LogP contribution in [-0.2, 0) is 6.54 Å².